The Hall–Kier alpha value is -1.36. The predicted molar refractivity (Wildman–Crippen MR) is 74.0 cm³/mol. The lowest BCUT2D eigenvalue weighted by Crippen LogP contribution is -2.55. The third-order valence-corrected chi connectivity index (χ3v) is 5.14. The Morgan fingerprint density at radius 2 is 1.80 bits per heavy atom. The van der Waals surface area contributed by atoms with Crippen LogP contribution in [0.4, 0.5) is 0 Å². The Bertz CT molecular complexity index is 462. The van der Waals surface area contributed by atoms with Gasteiger partial charge in [-0.1, -0.05) is 12.2 Å². The average molecular weight is 278 g/mol. The molecule has 0 spiro atoms. The number of hydrogen-bond acceptors (Lipinski definition) is 3. The van der Waals surface area contributed by atoms with E-state index in [1.54, 1.807) is 0 Å². The van der Waals surface area contributed by atoms with E-state index in [9.17, 15) is 14.7 Å². The third kappa shape index (κ3) is 2.04. The summed E-state index contributed by atoms with van der Waals surface area (Å²) < 4.78 is 0. The number of piperazine rings is 1. The van der Waals surface area contributed by atoms with Gasteiger partial charge in [0.15, 0.2) is 0 Å². The molecule has 0 aromatic rings. The van der Waals surface area contributed by atoms with Gasteiger partial charge in [-0.2, -0.15) is 0 Å². The smallest absolute Gasteiger partial charge is 0.307 e. The number of carbonyl (C=O) groups is 2. The van der Waals surface area contributed by atoms with Crippen LogP contribution in [0, 0.1) is 23.7 Å². The quantitative estimate of drug-likeness (QED) is 0.754. The highest BCUT2D eigenvalue weighted by molar-refractivity contribution is 5.87. The number of hydrogen-bond donors (Lipinski definition) is 1. The number of carbonyl (C=O) groups excluding carboxylic acids is 1. The molecule has 1 heterocycles. The Balaban J connectivity index is 1.79. The van der Waals surface area contributed by atoms with Gasteiger partial charge in [0.05, 0.1) is 11.8 Å². The molecule has 1 aliphatic heterocycles. The fourth-order valence-corrected chi connectivity index (χ4v) is 4.15. The molecule has 1 N–H and O–H groups in total. The van der Waals surface area contributed by atoms with Crippen LogP contribution in [0.3, 0.4) is 0 Å². The van der Waals surface area contributed by atoms with Gasteiger partial charge in [-0.25, -0.2) is 0 Å². The minimum absolute atomic E-state index is 0.0502. The summed E-state index contributed by atoms with van der Waals surface area (Å²) in [6.07, 6.45) is 4.86. The van der Waals surface area contributed by atoms with Crippen molar-refractivity contribution in [2.75, 3.05) is 26.7 Å². The Kier molecular flexibility index (Phi) is 3.32. The first-order valence-electron chi connectivity index (χ1n) is 7.39. The van der Waals surface area contributed by atoms with Crippen molar-refractivity contribution in [2.45, 2.75) is 19.4 Å². The Morgan fingerprint density at radius 1 is 1.15 bits per heavy atom. The highest BCUT2D eigenvalue weighted by Crippen LogP contribution is 2.49. The van der Waals surface area contributed by atoms with Crippen molar-refractivity contribution in [3.63, 3.8) is 0 Å². The van der Waals surface area contributed by atoms with Gasteiger partial charge in [0, 0.05) is 25.7 Å². The van der Waals surface area contributed by atoms with Gasteiger partial charge in [-0.05, 0) is 32.2 Å². The third-order valence-electron chi connectivity index (χ3n) is 5.14. The van der Waals surface area contributed by atoms with Gasteiger partial charge >= 0.3 is 5.97 Å². The molecule has 5 heteroatoms. The second kappa shape index (κ2) is 4.88. The highest BCUT2D eigenvalue weighted by atomic mass is 16.4. The number of rotatable bonds is 2. The van der Waals surface area contributed by atoms with Crippen molar-refractivity contribution in [3.8, 4) is 0 Å². The zero-order chi connectivity index (χ0) is 14.4. The van der Waals surface area contributed by atoms with E-state index >= 15 is 0 Å². The summed E-state index contributed by atoms with van der Waals surface area (Å²) >= 11 is 0. The van der Waals surface area contributed by atoms with Crippen LogP contribution >= 0.6 is 0 Å². The summed E-state index contributed by atoms with van der Waals surface area (Å²) in [5.41, 5.74) is 0. The Labute approximate surface area is 119 Å². The molecule has 5 atom stereocenters. The van der Waals surface area contributed by atoms with Crippen molar-refractivity contribution in [1.82, 2.24) is 9.80 Å². The minimum Gasteiger partial charge on any atom is -0.481 e. The van der Waals surface area contributed by atoms with Crippen LogP contribution in [-0.2, 0) is 9.59 Å². The van der Waals surface area contributed by atoms with Gasteiger partial charge in [0.25, 0.3) is 0 Å². The number of aliphatic carboxylic acids is 1. The van der Waals surface area contributed by atoms with Crippen LogP contribution in [0.1, 0.15) is 13.3 Å². The van der Waals surface area contributed by atoms with E-state index in [0.717, 1.165) is 19.5 Å². The molecule has 1 amide bonds. The van der Waals surface area contributed by atoms with E-state index in [2.05, 4.69) is 11.9 Å². The molecule has 5 unspecified atom stereocenters. The second-order valence-corrected chi connectivity index (χ2v) is 6.48. The molecule has 1 saturated carbocycles. The molecule has 2 fully saturated rings. The van der Waals surface area contributed by atoms with Crippen molar-refractivity contribution in [1.29, 1.82) is 0 Å². The fourth-order valence-electron chi connectivity index (χ4n) is 4.15. The van der Waals surface area contributed by atoms with Gasteiger partial charge in [0.2, 0.25) is 5.91 Å². The fraction of sp³-hybridized carbons (Fsp3) is 0.733. The first-order chi connectivity index (χ1) is 9.49. The molecule has 3 aliphatic rings. The average Bonchev–Trinajstić information content (AvgIpc) is 2.97. The topological polar surface area (TPSA) is 60.9 Å². The van der Waals surface area contributed by atoms with E-state index in [4.69, 9.17) is 0 Å². The van der Waals surface area contributed by atoms with Crippen LogP contribution < -0.4 is 0 Å². The number of fused-ring (bicyclic) bond motifs is 2. The van der Waals surface area contributed by atoms with E-state index in [-0.39, 0.29) is 29.7 Å². The standard InChI is InChI=1S/C15H22N2O3/c1-9-8-16(2)5-6-17(9)14(18)12-10-3-4-11(7-10)13(12)15(19)20/h3-4,9-13H,5-8H2,1-2H3,(H,19,20). The van der Waals surface area contributed by atoms with Gasteiger partial charge in [-0.15, -0.1) is 0 Å². The van der Waals surface area contributed by atoms with Crippen molar-refractivity contribution < 1.29 is 14.7 Å². The molecule has 1 saturated heterocycles. The summed E-state index contributed by atoms with van der Waals surface area (Å²) in [5.74, 6) is -1.47. The van der Waals surface area contributed by atoms with Gasteiger partial charge in [0.1, 0.15) is 0 Å². The predicted octanol–water partition coefficient (Wildman–Crippen LogP) is 0.672. The van der Waals surface area contributed by atoms with Crippen LogP contribution in [0.15, 0.2) is 12.2 Å². The molecule has 0 aromatic carbocycles. The monoisotopic (exact) mass is 278 g/mol. The maximum absolute atomic E-state index is 12.8. The van der Waals surface area contributed by atoms with E-state index in [0.29, 0.717) is 6.54 Å². The number of carboxylic acid groups (broad SMARTS) is 1. The van der Waals surface area contributed by atoms with Crippen LogP contribution in [0.2, 0.25) is 0 Å². The molecule has 20 heavy (non-hydrogen) atoms. The number of likely N-dealkylation sites (N-methyl/N-ethyl adjacent to an activating group) is 1. The lowest BCUT2D eigenvalue weighted by molar-refractivity contribution is -0.152. The van der Waals surface area contributed by atoms with Crippen molar-refractivity contribution >= 4 is 11.9 Å². The second-order valence-electron chi connectivity index (χ2n) is 6.48. The minimum atomic E-state index is -0.818. The maximum Gasteiger partial charge on any atom is 0.307 e. The first kappa shape index (κ1) is 13.6. The summed E-state index contributed by atoms with van der Waals surface area (Å²) in [5, 5.41) is 9.45. The summed E-state index contributed by atoms with van der Waals surface area (Å²) in [7, 11) is 2.05. The summed E-state index contributed by atoms with van der Waals surface area (Å²) in [6, 6.07) is 0.166. The molecular formula is C15H22N2O3. The first-order valence-corrected chi connectivity index (χ1v) is 7.39. The normalized spacial score (nSPS) is 40.3. The van der Waals surface area contributed by atoms with Crippen LogP contribution in [-0.4, -0.2) is 59.5 Å². The Morgan fingerprint density at radius 3 is 2.40 bits per heavy atom. The summed E-state index contributed by atoms with van der Waals surface area (Å²) in [6.45, 7) is 4.48. The van der Waals surface area contributed by atoms with E-state index in [1.807, 2.05) is 24.0 Å². The van der Waals surface area contributed by atoms with Crippen molar-refractivity contribution in [2.24, 2.45) is 23.7 Å². The molecule has 0 radical (unpaired) electrons. The number of amides is 1. The molecule has 2 bridgehead atoms. The number of carboxylic acids is 1. The number of nitrogens with zero attached hydrogens (tertiary/aromatic N) is 2. The lowest BCUT2D eigenvalue weighted by atomic mass is 9.81. The van der Waals surface area contributed by atoms with Crippen LogP contribution in [0.25, 0.3) is 0 Å². The van der Waals surface area contributed by atoms with Gasteiger partial charge < -0.3 is 14.9 Å². The molecule has 3 rings (SSSR count). The zero-order valence-corrected chi connectivity index (χ0v) is 12.0. The van der Waals surface area contributed by atoms with Crippen molar-refractivity contribution in [3.05, 3.63) is 12.2 Å². The zero-order valence-electron chi connectivity index (χ0n) is 12.0. The largest absolute Gasteiger partial charge is 0.481 e. The SMILES string of the molecule is CC1CN(C)CCN1C(=O)C1C2C=CC(C2)C1C(=O)O. The molecule has 5 nitrogen and oxygen atoms in total. The molecule has 2 aliphatic carbocycles. The molecular weight excluding hydrogens is 256 g/mol. The lowest BCUT2D eigenvalue weighted by Gasteiger charge is -2.41. The van der Waals surface area contributed by atoms with Crippen LogP contribution in [0.5, 0.6) is 0 Å². The highest BCUT2D eigenvalue weighted by Gasteiger charge is 2.53. The van der Waals surface area contributed by atoms with E-state index < -0.39 is 11.9 Å². The number of allylic oxidation sites excluding steroid dienone is 2. The molecule has 0 aromatic heterocycles. The van der Waals surface area contributed by atoms with Gasteiger partial charge in [-0.3, -0.25) is 9.59 Å². The maximum atomic E-state index is 12.8. The van der Waals surface area contributed by atoms with E-state index in [1.165, 1.54) is 0 Å². The molecule has 110 valence electrons. The summed E-state index contributed by atoms with van der Waals surface area (Å²) in [4.78, 5) is 28.5.